The van der Waals surface area contributed by atoms with E-state index in [0.29, 0.717) is 38.7 Å². The highest BCUT2D eigenvalue weighted by Gasteiger charge is 2.40. The van der Waals surface area contributed by atoms with Crippen LogP contribution in [0, 0.1) is 0 Å². The predicted molar refractivity (Wildman–Crippen MR) is 111 cm³/mol. The van der Waals surface area contributed by atoms with Crippen molar-refractivity contribution in [3.63, 3.8) is 0 Å². The molecule has 0 bridgehead atoms. The summed E-state index contributed by atoms with van der Waals surface area (Å²) in [6.07, 6.45) is 4.65. The molecule has 0 aliphatic heterocycles. The SMILES string of the molecule is C=CC[C@H](NC(=O)C1(O)CCC(OCc2ccccc2)CC1)c1ccccc1. The largest absolute Gasteiger partial charge is 0.380 e. The van der Waals surface area contributed by atoms with Gasteiger partial charge in [-0.1, -0.05) is 66.7 Å². The van der Waals surface area contributed by atoms with Gasteiger partial charge in [0.2, 0.25) is 0 Å². The van der Waals surface area contributed by atoms with Crippen LogP contribution in [0.1, 0.15) is 49.3 Å². The first-order valence-corrected chi connectivity index (χ1v) is 9.95. The van der Waals surface area contributed by atoms with Crippen molar-refractivity contribution in [3.8, 4) is 0 Å². The second-order valence-electron chi connectivity index (χ2n) is 7.49. The summed E-state index contributed by atoms with van der Waals surface area (Å²) in [6, 6.07) is 19.7. The lowest BCUT2D eigenvalue weighted by molar-refractivity contribution is -0.147. The summed E-state index contributed by atoms with van der Waals surface area (Å²) >= 11 is 0. The fourth-order valence-corrected chi connectivity index (χ4v) is 3.67. The molecule has 1 aliphatic carbocycles. The van der Waals surface area contributed by atoms with Crippen LogP contribution in [0.5, 0.6) is 0 Å². The highest BCUT2D eigenvalue weighted by atomic mass is 16.5. The topological polar surface area (TPSA) is 58.6 Å². The molecule has 0 heterocycles. The first kappa shape index (κ1) is 20.3. The molecule has 1 atom stereocenters. The molecule has 1 amide bonds. The molecule has 2 aromatic rings. The zero-order valence-electron chi connectivity index (χ0n) is 16.2. The van der Waals surface area contributed by atoms with Crippen LogP contribution in [0.15, 0.2) is 73.3 Å². The second-order valence-corrected chi connectivity index (χ2v) is 7.49. The highest BCUT2D eigenvalue weighted by Crippen LogP contribution is 2.31. The van der Waals surface area contributed by atoms with Crippen LogP contribution in [0.2, 0.25) is 0 Å². The molecule has 1 fully saturated rings. The number of hydrogen-bond acceptors (Lipinski definition) is 3. The van der Waals surface area contributed by atoms with Crippen LogP contribution in [0.4, 0.5) is 0 Å². The number of aliphatic hydroxyl groups is 1. The van der Waals surface area contributed by atoms with Gasteiger partial charge < -0.3 is 15.2 Å². The fraction of sp³-hybridized carbons (Fsp3) is 0.375. The van der Waals surface area contributed by atoms with Gasteiger partial charge in [-0.3, -0.25) is 4.79 Å². The molecule has 0 radical (unpaired) electrons. The van der Waals surface area contributed by atoms with E-state index in [1.54, 1.807) is 6.08 Å². The molecule has 4 heteroatoms. The average Bonchev–Trinajstić information content (AvgIpc) is 2.74. The average molecular weight is 380 g/mol. The van der Waals surface area contributed by atoms with Crippen molar-refractivity contribution >= 4 is 5.91 Å². The van der Waals surface area contributed by atoms with E-state index in [1.165, 1.54) is 0 Å². The van der Waals surface area contributed by atoms with E-state index in [2.05, 4.69) is 11.9 Å². The second kappa shape index (κ2) is 9.67. The first-order chi connectivity index (χ1) is 13.6. The Kier molecular flexibility index (Phi) is 7.01. The van der Waals surface area contributed by atoms with Crippen LogP contribution in [-0.2, 0) is 16.1 Å². The molecule has 28 heavy (non-hydrogen) atoms. The molecule has 1 aliphatic rings. The maximum absolute atomic E-state index is 12.8. The van der Waals surface area contributed by atoms with E-state index in [1.807, 2.05) is 60.7 Å². The molecule has 3 rings (SSSR count). The number of hydrogen-bond donors (Lipinski definition) is 2. The minimum Gasteiger partial charge on any atom is -0.380 e. The maximum Gasteiger partial charge on any atom is 0.252 e. The van der Waals surface area contributed by atoms with Crippen molar-refractivity contribution < 1.29 is 14.6 Å². The molecule has 0 aromatic heterocycles. The van der Waals surface area contributed by atoms with Crippen LogP contribution >= 0.6 is 0 Å². The molecule has 4 nitrogen and oxygen atoms in total. The summed E-state index contributed by atoms with van der Waals surface area (Å²) in [5.41, 5.74) is 0.816. The van der Waals surface area contributed by atoms with Gasteiger partial charge in [0.15, 0.2) is 0 Å². The van der Waals surface area contributed by atoms with Gasteiger partial charge in [0, 0.05) is 0 Å². The lowest BCUT2D eigenvalue weighted by atomic mass is 9.82. The highest BCUT2D eigenvalue weighted by molar-refractivity contribution is 5.85. The number of ether oxygens (including phenoxy) is 1. The van der Waals surface area contributed by atoms with Crippen LogP contribution in [0.3, 0.4) is 0 Å². The molecule has 0 saturated heterocycles. The number of rotatable bonds is 8. The van der Waals surface area contributed by atoms with Gasteiger partial charge in [0.05, 0.1) is 18.8 Å². The molecule has 2 N–H and O–H groups in total. The van der Waals surface area contributed by atoms with Gasteiger partial charge in [-0.2, -0.15) is 0 Å². The van der Waals surface area contributed by atoms with Crippen LogP contribution in [-0.4, -0.2) is 22.7 Å². The van der Waals surface area contributed by atoms with Gasteiger partial charge >= 0.3 is 0 Å². The standard InChI is InChI=1S/C24H29NO3/c1-2-9-22(20-12-7-4-8-13-20)25-23(26)24(27)16-14-21(15-17-24)28-18-19-10-5-3-6-11-19/h2-8,10-13,21-22,27H,1,9,14-18H2,(H,25,26)/t21?,22-,24?/m0/s1. The van der Waals surface area contributed by atoms with Gasteiger partial charge in [0.1, 0.15) is 5.60 Å². The van der Waals surface area contributed by atoms with Crippen molar-refractivity contribution in [1.82, 2.24) is 5.32 Å². The summed E-state index contributed by atoms with van der Waals surface area (Å²) in [6.45, 7) is 4.35. The molecular weight excluding hydrogens is 350 g/mol. The van der Waals surface area contributed by atoms with Crippen LogP contribution in [0.25, 0.3) is 0 Å². The number of benzene rings is 2. The van der Waals surface area contributed by atoms with E-state index in [9.17, 15) is 9.90 Å². The van der Waals surface area contributed by atoms with Crippen LogP contribution < -0.4 is 5.32 Å². The van der Waals surface area contributed by atoms with E-state index in [0.717, 1.165) is 11.1 Å². The smallest absolute Gasteiger partial charge is 0.252 e. The van der Waals surface area contributed by atoms with E-state index >= 15 is 0 Å². The third kappa shape index (κ3) is 5.31. The molecular formula is C24H29NO3. The van der Waals surface area contributed by atoms with Gasteiger partial charge in [-0.25, -0.2) is 0 Å². The van der Waals surface area contributed by atoms with Crippen molar-refractivity contribution in [1.29, 1.82) is 0 Å². The summed E-state index contributed by atoms with van der Waals surface area (Å²) in [5.74, 6) is -0.301. The van der Waals surface area contributed by atoms with Gasteiger partial charge in [0.25, 0.3) is 5.91 Å². The first-order valence-electron chi connectivity index (χ1n) is 9.95. The molecule has 2 aromatic carbocycles. The Hall–Kier alpha value is -2.43. The Bertz CT molecular complexity index is 752. The van der Waals surface area contributed by atoms with Crippen molar-refractivity contribution in [2.24, 2.45) is 0 Å². The zero-order valence-corrected chi connectivity index (χ0v) is 16.2. The molecule has 1 saturated carbocycles. The zero-order chi connectivity index (χ0) is 19.8. The van der Waals surface area contributed by atoms with Crippen molar-refractivity contribution in [2.45, 2.75) is 56.5 Å². The lowest BCUT2D eigenvalue weighted by Gasteiger charge is -2.35. The molecule has 0 spiro atoms. The summed E-state index contributed by atoms with van der Waals surface area (Å²) in [5, 5.41) is 13.9. The molecule has 148 valence electrons. The van der Waals surface area contributed by atoms with E-state index in [-0.39, 0.29) is 18.1 Å². The Labute approximate surface area is 167 Å². The molecule has 0 unspecified atom stereocenters. The summed E-state index contributed by atoms with van der Waals surface area (Å²) in [7, 11) is 0. The van der Waals surface area contributed by atoms with E-state index in [4.69, 9.17) is 4.74 Å². The summed E-state index contributed by atoms with van der Waals surface area (Å²) < 4.78 is 5.97. The number of nitrogens with one attached hydrogen (secondary N) is 1. The Balaban J connectivity index is 1.53. The maximum atomic E-state index is 12.8. The summed E-state index contributed by atoms with van der Waals surface area (Å²) in [4.78, 5) is 12.8. The Morgan fingerprint density at radius 1 is 1.14 bits per heavy atom. The van der Waals surface area contributed by atoms with E-state index < -0.39 is 5.60 Å². The van der Waals surface area contributed by atoms with Gasteiger partial charge in [-0.05, 0) is 43.2 Å². The normalized spacial score (nSPS) is 23.0. The van der Waals surface area contributed by atoms with Gasteiger partial charge in [-0.15, -0.1) is 6.58 Å². The fourth-order valence-electron chi connectivity index (χ4n) is 3.67. The quantitative estimate of drug-likeness (QED) is 0.672. The van der Waals surface area contributed by atoms with Crippen molar-refractivity contribution in [3.05, 3.63) is 84.4 Å². The monoisotopic (exact) mass is 379 g/mol. The third-order valence-corrected chi connectivity index (χ3v) is 5.42. The number of carbonyl (C=O) groups excluding carboxylic acids is 1. The lowest BCUT2D eigenvalue weighted by Crippen LogP contribution is -2.50. The van der Waals surface area contributed by atoms with Crippen molar-refractivity contribution in [2.75, 3.05) is 0 Å². The number of amides is 1. The number of carbonyl (C=O) groups is 1. The predicted octanol–water partition coefficient (Wildman–Crippen LogP) is 4.31. The minimum absolute atomic E-state index is 0.0753. The minimum atomic E-state index is -1.33. The third-order valence-electron chi connectivity index (χ3n) is 5.42. The Morgan fingerprint density at radius 3 is 2.36 bits per heavy atom. The Morgan fingerprint density at radius 2 is 1.75 bits per heavy atom.